The van der Waals surface area contributed by atoms with Gasteiger partial charge in [0.1, 0.15) is 24.1 Å². The van der Waals surface area contributed by atoms with E-state index >= 15 is 4.39 Å². The first-order valence-corrected chi connectivity index (χ1v) is 9.91. The molecule has 2 aromatic carbocycles. The van der Waals surface area contributed by atoms with Crippen LogP contribution < -0.4 is 10.5 Å². The van der Waals surface area contributed by atoms with Gasteiger partial charge in [0.05, 0.1) is 5.56 Å². The maximum atomic E-state index is 15.1. The Balaban J connectivity index is 1.81. The number of amides is 1. The Morgan fingerprint density at radius 1 is 1.16 bits per heavy atom. The van der Waals surface area contributed by atoms with Gasteiger partial charge in [-0.25, -0.2) is 13.6 Å². The van der Waals surface area contributed by atoms with Crippen molar-refractivity contribution < 1.29 is 41.3 Å². The number of aliphatic hydroxyl groups is 1. The molecule has 0 bridgehead atoms. The van der Waals surface area contributed by atoms with Gasteiger partial charge in [0.2, 0.25) is 0 Å². The second-order valence-corrected chi connectivity index (χ2v) is 8.31. The lowest BCUT2D eigenvalue weighted by Crippen LogP contribution is -2.63. The van der Waals surface area contributed by atoms with Crippen LogP contribution in [0.15, 0.2) is 36.4 Å². The molecule has 3 atom stereocenters. The van der Waals surface area contributed by atoms with Crippen molar-refractivity contribution in [2.24, 2.45) is 5.73 Å². The Morgan fingerprint density at radius 2 is 1.81 bits per heavy atom. The highest BCUT2D eigenvalue weighted by molar-refractivity contribution is 5.65. The van der Waals surface area contributed by atoms with Crippen LogP contribution in [0.4, 0.5) is 26.7 Å². The number of primary amides is 1. The van der Waals surface area contributed by atoms with Crippen LogP contribution in [-0.2, 0) is 22.7 Å². The molecule has 2 aromatic rings. The molecule has 0 radical (unpaired) electrons. The SMILES string of the molecule is NC(=O)O[C@@H]1CCC2(Cc3ccc(C(F)(F)F)cc3)c3c(F)ccc(F)c3OC[C@@]2(O)C1. The molecule has 1 fully saturated rings. The highest BCUT2D eigenvalue weighted by Gasteiger charge is 2.60. The number of benzene rings is 2. The molecule has 0 spiro atoms. The topological polar surface area (TPSA) is 81.8 Å². The average Bonchev–Trinajstić information content (AvgIpc) is 2.70. The molecule has 172 valence electrons. The summed E-state index contributed by atoms with van der Waals surface area (Å²) in [5.41, 5.74) is 1.23. The van der Waals surface area contributed by atoms with E-state index in [1.54, 1.807) is 0 Å². The summed E-state index contributed by atoms with van der Waals surface area (Å²) < 4.78 is 78.8. The van der Waals surface area contributed by atoms with Crippen LogP contribution in [0.1, 0.15) is 36.0 Å². The standard InChI is InChI=1S/C22H20F5NO4/c23-15-5-6-16(24)18-17(15)20(9-12-1-3-13(4-2-12)22(25,26)27)8-7-14(32-19(28)29)10-21(20,30)11-31-18/h1-6,14,30H,7-11H2,(H2,28,29)/t14-,20?,21+/m1/s1. The Hall–Kier alpha value is -2.88. The van der Waals surface area contributed by atoms with Gasteiger partial charge in [-0.3, -0.25) is 0 Å². The van der Waals surface area contributed by atoms with Crippen molar-refractivity contribution in [1.29, 1.82) is 0 Å². The van der Waals surface area contributed by atoms with E-state index in [-0.39, 0.29) is 37.0 Å². The van der Waals surface area contributed by atoms with Gasteiger partial charge in [-0.05, 0) is 49.1 Å². The van der Waals surface area contributed by atoms with E-state index < -0.39 is 53.2 Å². The van der Waals surface area contributed by atoms with Crippen molar-refractivity contribution in [2.75, 3.05) is 6.61 Å². The summed E-state index contributed by atoms with van der Waals surface area (Å²) in [4.78, 5) is 11.2. The van der Waals surface area contributed by atoms with Crippen molar-refractivity contribution in [3.05, 3.63) is 64.7 Å². The maximum absolute atomic E-state index is 15.1. The van der Waals surface area contributed by atoms with Gasteiger partial charge in [0.25, 0.3) is 0 Å². The van der Waals surface area contributed by atoms with Crippen molar-refractivity contribution in [3.8, 4) is 5.75 Å². The summed E-state index contributed by atoms with van der Waals surface area (Å²) in [7, 11) is 0. The van der Waals surface area contributed by atoms with Crippen LogP contribution >= 0.6 is 0 Å². The predicted molar refractivity (Wildman–Crippen MR) is 102 cm³/mol. The zero-order valence-corrected chi connectivity index (χ0v) is 16.7. The van der Waals surface area contributed by atoms with Gasteiger partial charge in [0, 0.05) is 17.4 Å². The molecule has 5 nitrogen and oxygen atoms in total. The zero-order chi connectivity index (χ0) is 23.3. The number of carbonyl (C=O) groups is 1. The first-order valence-electron chi connectivity index (χ1n) is 9.91. The minimum absolute atomic E-state index is 0.0548. The number of halogens is 5. The van der Waals surface area contributed by atoms with Crippen LogP contribution in [0.5, 0.6) is 5.75 Å². The third kappa shape index (κ3) is 3.66. The fourth-order valence-corrected chi connectivity index (χ4v) is 4.95. The normalized spacial score (nSPS) is 27.1. The number of hydrogen-bond donors (Lipinski definition) is 2. The Labute approximate surface area is 179 Å². The predicted octanol–water partition coefficient (Wildman–Crippen LogP) is 4.24. The number of carbonyl (C=O) groups excluding carboxylic acids is 1. The van der Waals surface area contributed by atoms with Crippen LogP contribution in [-0.4, -0.2) is 29.5 Å². The minimum Gasteiger partial charge on any atom is -0.487 e. The summed E-state index contributed by atoms with van der Waals surface area (Å²) >= 11 is 0. The smallest absolute Gasteiger partial charge is 0.416 e. The molecule has 2 aliphatic rings. The number of nitrogens with two attached hydrogens (primary N) is 1. The largest absolute Gasteiger partial charge is 0.487 e. The first-order chi connectivity index (χ1) is 14.9. The fraction of sp³-hybridized carbons (Fsp3) is 0.409. The van der Waals surface area contributed by atoms with Crippen molar-refractivity contribution in [1.82, 2.24) is 0 Å². The molecule has 32 heavy (non-hydrogen) atoms. The van der Waals surface area contributed by atoms with Crippen LogP contribution in [0.2, 0.25) is 0 Å². The van der Waals surface area contributed by atoms with Crippen LogP contribution in [0.25, 0.3) is 0 Å². The Kier molecular flexibility index (Phi) is 5.31. The van der Waals surface area contributed by atoms with Crippen molar-refractivity contribution in [2.45, 2.75) is 49.0 Å². The number of ether oxygens (including phenoxy) is 2. The molecule has 1 unspecified atom stereocenters. The summed E-state index contributed by atoms with van der Waals surface area (Å²) in [6, 6.07) is 6.12. The summed E-state index contributed by atoms with van der Waals surface area (Å²) in [6.07, 6.45) is -6.35. The van der Waals surface area contributed by atoms with E-state index in [2.05, 4.69) is 0 Å². The van der Waals surface area contributed by atoms with Gasteiger partial charge in [-0.15, -0.1) is 0 Å². The van der Waals surface area contributed by atoms with E-state index in [0.29, 0.717) is 5.56 Å². The van der Waals surface area contributed by atoms with Gasteiger partial charge in [0.15, 0.2) is 11.6 Å². The average molecular weight is 457 g/mol. The first kappa shape index (κ1) is 22.3. The van der Waals surface area contributed by atoms with Crippen LogP contribution in [0, 0.1) is 11.6 Å². The zero-order valence-electron chi connectivity index (χ0n) is 16.7. The van der Waals surface area contributed by atoms with Gasteiger partial charge >= 0.3 is 12.3 Å². The Bertz CT molecular complexity index is 1040. The third-order valence-electron chi connectivity index (χ3n) is 6.41. The van der Waals surface area contributed by atoms with E-state index in [1.807, 2.05) is 0 Å². The number of alkyl halides is 3. The van der Waals surface area contributed by atoms with Crippen LogP contribution in [0.3, 0.4) is 0 Å². The molecular weight excluding hydrogens is 437 g/mol. The van der Waals surface area contributed by atoms with E-state index in [4.69, 9.17) is 15.2 Å². The number of hydrogen-bond acceptors (Lipinski definition) is 4. The molecule has 0 aromatic heterocycles. The number of rotatable bonds is 3. The lowest BCUT2D eigenvalue weighted by molar-refractivity contribution is -0.141. The van der Waals surface area contributed by atoms with Gasteiger partial charge in [-0.2, -0.15) is 13.2 Å². The summed E-state index contributed by atoms with van der Waals surface area (Å²) in [5, 5.41) is 11.6. The Morgan fingerprint density at radius 3 is 2.44 bits per heavy atom. The molecule has 0 saturated heterocycles. The molecule has 1 amide bonds. The van der Waals surface area contributed by atoms with E-state index in [0.717, 1.165) is 24.3 Å². The molecule has 4 rings (SSSR count). The molecular formula is C22H20F5NO4. The highest BCUT2D eigenvalue weighted by atomic mass is 19.4. The van der Waals surface area contributed by atoms with Gasteiger partial charge in [-0.1, -0.05) is 12.1 Å². The molecule has 1 heterocycles. The lowest BCUT2D eigenvalue weighted by Gasteiger charge is -2.55. The van der Waals surface area contributed by atoms with Crippen molar-refractivity contribution >= 4 is 6.09 Å². The fourth-order valence-electron chi connectivity index (χ4n) is 4.95. The van der Waals surface area contributed by atoms with E-state index in [9.17, 15) is 27.5 Å². The second kappa shape index (κ2) is 7.61. The maximum Gasteiger partial charge on any atom is 0.416 e. The molecule has 1 aliphatic carbocycles. The monoisotopic (exact) mass is 457 g/mol. The van der Waals surface area contributed by atoms with Gasteiger partial charge < -0.3 is 20.3 Å². The molecule has 1 saturated carbocycles. The number of fused-ring (bicyclic) bond motifs is 3. The summed E-state index contributed by atoms with van der Waals surface area (Å²) in [6.45, 7) is -0.417. The summed E-state index contributed by atoms with van der Waals surface area (Å²) in [5.74, 6) is -1.96. The lowest BCUT2D eigenvalue weighted by atomic mass is 9.55. The molecule has 1 aliphatic heterocycles. The highest BCUT2D eigenvalue weighted by Crippen LogP contribution is 2.55. The second-order valence-electron chi connectivity index (χ2n) is 8.31. The molecule has 10 heteroatoms. The van der Waals surface area contributed by atoms with E-state index in [1.165, 1.54) is 12.1 Å². The molecule has 3 N–H and O–H groups in total. The third-order valence-corrected chi connectivity index (χ3v) is 6.41. The van der Waals surface area contributed by atoms with Crippen molar-refractivity contribution in [3.63, 3.8) is 0 Å². The minimum atomic E-state index is -4.53. The quantitative estimate of drug-likeness (QED) is 0.676.